The molecular formula is C22H40Si6. The zero-order valence-electron chi connectivity index (χ0n) is 19.8. The maximum atomic E-state index is 2.87. The van der Waals surface area contributed by atoms with Crippen LogP contribution in [0.4, 0.5) is 0 Å². The van der Waals surface area contributed by atoms with E-state index < -0.39 is 42.7 Å². The summed E-state index contributed by atoms with van der Waals surface area (Å²) in [6.45, 7) is 28.6. The fourth-order valence-corrected chi connectivity index (χ4v) is 248. The third kappa shape index (κ3) is 2.36. The second kappa shape index (κ2) is 6.62. The Morgan fingerprint density at radius 3 is 0.893 bits per heavy atom. The Morgan fingerprint density at radius 1 is 0.357 bits per heavy atom. The van der Waals surface area contributed by atoms with E-state index in [1.807, 2.05) is 0 Å². The normalized spacial score (nSPS) is 25.8. The number of benzene rings is 2. The van der Waals surface area contributed by atoms with E-state index in [4.69, 9.17) is 0 Å². The first-order chi connectivity index (χ1) is 12.7. The van der Waals surface area contributed by atoms with Gasteiger partial charge in [-0.1, -0.05) is 137 Å². The lowest BCUT2D eigenvalue weighted by Gasteiger charge is -2.74. The fraction of sp³-hybridized carbons (Fsp3) is 0.455. The van der Waals surface area contributed by atoms with Crippen molar-refractivity contribution in [3.05, 3.63) is 60.7 Å². The van der Waals surface area contributed by atoms with Crippen LogP contribution in [0.15, 0.2) is 60.7 Å². The van der Waals surface area contributed by atoms with Crippen molar-refractivity contribution in [1.82, 2.24) is 0 Å². The molecule has 1 aliphatic heterocycles. The first-order valence-corrected chi connectivity index (χ1v) is 33.8. The lowest BCUT2D eigenvalue weighted by Crippen LogP contribution is -3.06. The minimum Gasteiger partial charge on any atom is -0.0735 e. The van der Waals surface area contributed by atoms with E-state index in [1.54, 1.807) is 10.4 Å². The van der Waals surface area contributed by atoms with Crippen molar-refractivity contribution in [3.8, 4) is 0 Å². The summed E-state index contributed by atoms with van der Waals surface area (Å²) in [4.78, 5) is 0. The van der Waals surface area contributed by atoms with Crippen molar-refractivity contribution in [2.75, 3.05) is 0 Å². The Kier molecular flexibility index (Phi) is 5.30. The van der Waals surface area contributed by atoms with Gasteiger partial charge in [-0.2, -0.15) is 0 Å². The number of hydrogen-bond acceptors (Lipinski definition) is 0. The van der Waals surface area contributed by atoms with Crippen molar-refractivity contribution >= 4 is 53.0 Å². The zero-order chi connectivity index (χ0) is 21.2. The van der Waals surface area contributed by atoms with E-state index in [0.29, 0.717) is 0 Å². The highest BCUT2D eigenvalue weighted by molar-refractivity contribution is 8.16. The van der Waals surface area contributed by atoms with Gasteiger partial charge >= 0.3 is 0 Å². The lowest BCUT2D eigenvalue weighted by molar-refractivity contribution is 1.69. The van der Waals surface area contributed by atoms with Crippen LogP contribution in [0.2, 0.25) is 65.5 Å². The van der Waals surface area contributed by atoms with Crippen LogP contribution in [-0.2, 0) is 0 Å². The Labute approximate surface area is 178 Å². The molecule has 6 heteroatoms. The van der Waals surface area contributed by atoms with Crippen molar-refractivity contribution in [2.24, 2.45) is 0 Å². The molecule has 0 N–H and O–H groups in total. The van der Waals surface area contributed by atoms with Gasteiger partial charge < -0.3 is 0 Å². The predicted octanol–water partition coefficient (Wildman–Crippen LogP) is 5.28. The summed E-state index contributed by atoms with van der Waals surface area (Å²) < 4.78 is 0. The largest absolute Gasteiger partial charge is 0.0985 e. The smallest absolute Gasteiger partial charge is 0.0735 e. The van der Waals surface area contributed by atoms with Gasteiger partial charge in [0.2, 0.25) is 0 Å². The highest BCUT2D eigenvalue weighted by atomic mass is 30.2. The van der Waals surface area contributed by atoms with Gasteiger partial charge in [-0.25, -0.2) is 0 Å². The van der Waals surface area contributed by atoms with E-state index in [2.05, 4.69) is 126 Å². The number of hydrogen-bond donors (Lipinski definition) is 0. The van der Waals surface area contributed by atoms with Gasteiger partial charge in [-0.3, -0.25) is 0 Å². The molecule has 0 amide bonds. The Balaban J connectivity index is 2.57. The first-order valence-electron chi connectivity index (χ1n) is 10.8. The molecule has 0 radical (unpaired) electrons. The minimum absolute atomic E-state index is 1.24. The molecule has 1 heterocycles. The third-order valence-corrected chi connectivity index (χ3v) is 158. The van der Waals surface area contributed by atoms with Gasteiger partial charge in [-0.15, -0.1) is 0 Å². The summed E-state index contributed by atoms with van der Waals surface area (Å²) in [5.41, 5.74) is 0. The van der Waals surface area contributed by atoms with Gasteiger partial charge in [0.15, 0.2) is 0 Å². The topological polar surface area (TPSA) is 0 Å². The van der Waals surface area contributed by atoms with Crippen LogP contribution in [0.5, 0.6) is 0 Å². The molecule has 1 aliphatic rings. The average Bonchev–Trinajstić information content (AvgIpc) is 2.62. The molecule has 152 valence electrons. The second-order valence-corrected chi connectivity index (χ2v) is 81.5. The van der Waals surface area contributed by atoms with Crippen LogP contribution in [0, 0.1) is 0 Å². The summed E-state index contributed by atoms with van der Waals surface area (Å²) in [7, 11) is -8.73. The molecule has 2 aromatic carbocycles. The number of rotatable bonds is 2. The van der Waals surface area contributed by atoms with E-state index in [9.17, 15) is 0 Å². The minimum atomic E-state index is -1.81. The van der Waals surface area contributed by atoms with E-state index in [1.165, 1.54) is 0 Å². The van der Waals surface area contributed by atoms with Gasteiger partial charge in [0.05, 0.1) is 7.11 Å². The molecule has 2 aromatic rings. The van der Waals surface area contributed by atoms with Crippen LogP contribution in [0.25, 0.3) is 0 Å². The van der Waals surface area contributed by atoms with Crippen LogP contribution in [0.3, 0.4) is 0 Å². The quantitative estimate of drug-likeness (QED) is 0.522. The molecule has 0 saturated carbocycles. The third-order valence-electron chi connectivity index (χ3n) is 10.5. The van der Waals surface area contributed by atoms with Crippen molar-refractivity contribution in [3.63, 3.8) is 0 Å². The van der Waals surface area contributed by atoms with E-state index >= 15 is 0 Å². The monoisotopic (exact) mass is 472 g/mol. The molecule has 0 atom stereocenters. The highest BCUT2D eigenvalue weighted by Crippen LogP contribution is 2.51. The van der Waals surface area contributed by atoms with Gasteiger partial charge in [0.1, 0.15) is 0 Å². The van der Waals surface area contributed by atoms with E-state index in [-0.39, 0.29) is 0 Å². The van der Waals surface area contributed by atoms with Gasteiger partial charge in [0, 0.05) is 35.5 Å². The molecule has 0 spiro atoms. The SMILES string of the molecule is C[Si]1(C)[Si](C)(C)[Si](C)(C)[Si](c2ccccc2)(c2ccccc2)[Si](C)(C)[Si]1(C)C. The molecule has 0 aromatic heterocycles. The molecule has 1 fully saturated rings. The van der Waals surface area contributed by atoms with Gasteiger partial charge in [-0.05, 0) is 0 Å². The maximum Gasteiger partial charge on any atom is 0.0985 e. The van der Waals surface area contributed by atoms with Crippen LogP contribution < -0.4 is 10.4 Å². The molecule has 0 unspecified atom stereocenters. The standard InChI is InChI=1S/C22H40Si6/c1-23(2)24(3,4)26(7,8)28(21-17-13-11-14-18-21,22-19-15-12-16-20-22)27(9,10)25(23,5)6/h11-20H,1-10H3. The predicted molar refractivity (Wildman–Crippen MR) is 145 cm³/mol. The second-order valence-electron chi connectivity index (χ2n) is 11.6. The molecule has 0 nitrogen and oxygen atoms in total. The Bertz CT molecular complexity index is 782. The first kappa shape index (κ1) is 22.4. The lowest BCUT2D eigenvalue weighted by atomic mass is 10.4. The molecule has 1 saturated heterocycles. The Morgan fingerprint density at radius 2 is 0.607 bits per heavy atom. The molecule has 0 aliphatic carbocycles. The van der Waals surface area contributed by atoms with E-state index in [0.717, 1.165) is 0 Å². The summed E-state index contributed by atoms with van der Waals surface area (Å²) in [6.07, 6.45) is 0. The van der Waals surface area contributed by atoms with Crippen LogP contribution in [0.1, 0.15) is 0 Å². The van der Waals surface area contributed by atoms with Crippen molar-refractivity contribution < 1.29 is 0 Å². The van der Waals surface area contributed by atoms with Crippen LogP contribution >= 0.6 is 0 Å². The van der Waals surface area contributed by atoms with Crippen molar-refractivity contribution in [1.29, 1.82) is 0 Å². The summed E-state index contributed by atoms with van der Waals surface area (Å²) in [5, 5.41) is 3.58. The maximum absolute atomic E-state index is 2.87. The average molecular weight is 473 g/mol. The molecular weight excluding hydrogens is 433 g/mol. The molecule has 28 heavy (non-hydrogen) atoms. The Hall–Kier alpha value is -0.259. The summed E-state index contributed by atoms with van der Waals surface area (Å²) >= 11 is 0. The molecule has 3 rings (SSSR count). The summed E-state index contributed by atoms with van der Waals surface area (Å²) in [6, 6.07) is 24.0. The van der Waals surface area contributed by atoms with Crippen molar-refractivity contribution in [2.45, 2.75) is 65.5 Å². The summed E-state index contributed by atoms with van der Waals surface area (Å²) in [5.74, 6) is 0. The fourth-order valence-electron chi connectivity index (χ4n) is 7.05. The van der Waals surface area contributed by atoms with Gasteiger partial charge in [0.25, 0.3) is 0 Å². The zero-order valence-corrected chi connectivity index (χ0v) is 25.8. The molecule has 0 bridgehead atoms. The van der Waals surface area contributed by atoms with Crippen LogP contribution in [-0.4, -0.2) is 42.7 Å². The highest BCUT2D eigenvalue weighted by Gasteiger charge is 2.79.